The molecule has 0 saturated carbocycles. The molecule has 0 heterocycles. The number of halogens is 1. The number of ether oxygens (including phenoxy) is 2. The highest BCUT2D eigenvalue weighted by molar-refractivity contribution is 9.10. The Morgan fingerprint density at radius 3 is 2.71 bits per heavy atom. The molecule has 0 aliphatic rings. The van der Waals surface area contributed by atoms with Gasteiger partial charge in [0.25, 0.3) is 0 Å². The smallest absolute Gasteiger partial charge is 0.181 e. The summed E-state index contributed by atoms with van der Waals surface area (Å²) >= 11 is 3.32. The van der Waals surface area contributed by atoms with Gasteiger partial charge in [-0.15, -0.1) is 0 Å². The van der Waals surface area contributed by atoms with E-state index in [-0.39, 0.29) is 0 Å². The van der Waals surface area contributed by atoms with Crippen LogP contribution in [-0.2, 0) is 0 Å². The standard InChI is InChI=1S/C10H10BrNO2/c1-7(6-12)14-9-4-3-8(11)5-10(9)13-2/h3-5,7H,1-2H3. The van der Waals surface area contributed by atoms with Gasteiger partial charge in [0.2, 0.25) is 0 Å². The summed E-state index contributed by atoms with van der Waals surface area (Å²) in [6.07, 6.45) is -0.481. The first-order valence-electron chi connectivity index (χ1n) is 4.07. The third-order valence-corrected chi connectivity index (χ3v) is 2.10. The maximum atomic E-state index is 8.59. The normalized spacial score (nSPS) is 11.6. The lowest BCUT2D eigenvalue weighted by Gasteiger charge is -2.11. The third-order valence-electron chi connectivity index (χ3n) is 1.61. The molecule has 0 spiro atoms. The number of methoxy groups -OCH3 is 1. The van der Waals surface area contributed by atoms with Gasteiger partial charge in [-0.2, -0.15) is 5.26 Å². The molecule has 0 aliphatic carbocycles. The topological polar surface area (TPSA) is 42.2 Å². The summed E-state index contributed by atoms with van der Waals surface area (Å²) in [5, 5.41) is 8.59. The van der Waals surface area contributed by atoms with Crippen molar-refractivity contribution in [3.63, 3.8) is 0 Å². The van der Waals surface area contributed by atoms with E-state index in [1.54, 1.807) is 26.2 Å². The third kappa shape index (κ3) is 2.64. The van der Waals surface area contributed by atoms with Crippen LogP contribution < -0.4 is 9.47 Å². The molecular weight excluding hydrogens is 246 g/mol. The van der Waals surface area contributed by atoms with Crippen molar-refractivity contribution >= 4 is 15.9 Å². The minimum Gasteiger partial charge on any atom is -0.493 e. The molecule has 0 saturated heterocycles. The van der Waals surface area contributed by atoms with Crippen molar-refractivity contribution in [3.8, 4) is 17.6 Å². The Hall–Kier alpha value is -1.21. The second-order valence-corrected chi connectivity index (χ2v) is 3.60. The lowest BCUT2D eigenvalue weighted by molar-refractivity contribution is 0.260. The van der Waals surface area contributed by atoms with Crippen molar-refractivity contribution < 1.29 is 9.47 Å². The Morgan fingerprint density at radius 2 is 2.14 bits per heavy atom. The molecule has 74 valence electrons. The molecule has 0 amide bonds. The monoisotopic (exact) mass is 255 g/mol. The van der Waals surface area contributed by atoms with E-state index in [9.17, 15) is 0 Å². The molecule has 3 nitrogen and oxygen atoms in total. The van der Waals surface area contributed by atoms with Gasteiger partial charge in [-0.1, -0.05) is 15.9 Å². The summed E-state index contributed by atoms with van der Waals surface area (Å²) in [7, 11) is 1.56. The molecule has 1 atom stereocenters. The van der Waals surface area contributed by atoms with Crippen molar-refractivity contribution in [3.05, 3.63) is 22.7 Å². The second-order valence-electron chi connectivity index (χ2n) is 2.68. The highest BCUT2D eigenvalue weighted by atomic mass is 79.9. The van der Waals surface area contributed by atoms with Crippen molar-refractivity contribution in [1.29, 1.82) is 5.26 Å². The first-order chi connectivity index (χ1) is 6.67. The highest BCUT2D eigenvalue weighted by Crippen LogP contribution is 2.30. The van der Waals surface area contributed by atoms with Crippen LogP contribution in [0.1, 0.15) is 6.92 Å². The summed E-state index contributed by atoms with van der Waals surface area (Å²) in [6, 6.07) is 7.38. The molecule has 1 aromatic carbocycles. The molecule has 1 rings (SSSR count). The lowest BCUT2D eigenvalue weighted by Crippen LogP contribution is -2.08. The average Bonchev–Trinajstić information content (AvgIpc) is 2.20. The van der Waals surface area contributed by atoms with Gasteiger partial charge in [-0.05, 0) is 25.1 Å². The zero-order chi connectivity index (χ0) is 10.6. The van der Waals surface area contributed by atoms with Gasteiger partial charge >= 0.3 is 0 Å². The van der Waals surface area contributed by atoms with Crippen LogP contribution in [0.15, 0.2) is 22.7 Å². The van der Waals surface area contributed by atoms with Crippen LogP contribution in [0.5, 0.6) is 11.5 Å². The highest BCUT2D eigenvalue weighted by Gasteiger charge is 2.08. The van der Waals surface area contributed by atoms with Crippen LogP contribution >= 0.6 is 15.9 Å². The van der Waals surface area contributed by atoms with Crippen LogP contribution in [0, 0.1) is 11.3 Å². The van der Waals surface area contributed by atoms with Crippen molar-refractivity contribution in [2.75, 3.05) is 7.11 Å². The molecule has 4 heteroatoms. The summed E-state index contributed by atoms with van der Waals surface area (Å²) in [5.41, 5.74) is 0. The molecular formula is C10H10BrNO2. The fourth-order valence-electron chi connectivity index (χ4n) is 0.956. The zero-order valence-electron chi connectivity index (χ0n) is 7.95. The van der Waals surface area contributed by atoms with Gasteiger partial charge in [0.1, 0.15) is 6.07 Å². The number of rotatable bonds is 3. The van der Waals surface area contributed by atoms with E-state index in [1.807, 2.05) is 12.1 Å². The Balaban J connectivity index is 2.92. The molecule has 1 aromatic rings. The van der Waals surface area contributed by atoms with E-state index in [2.05, 4.69) is 15.9 Å². The number of hydrogen-bond acceptors (Lipinski definition) is 3. The van der Waals surface area contributed by atoms with Crippen LogP contribution in [0.3, 0.4) is 0 Å². The van der Waals surface area contributed by atoms with E-state index >= 15 is 0 Å². The van der Waals surface area contributed by atoms with E-state index in [4.69, 9.17) is 14.7 Å². The summed E-state index contributed by atoms with van der Waals surface area (Å²) in [4.78, 5) is 0. The van der Waals surface area contributed by atoms with Crippen LogP contribution in [0.4, 0.5) is 0 Å². The first kappa shape index (κ1) is 10.9. The minimum absolute atomic E-state index is 0.481. The van der Waals surface area contributed by atoms with Gasteiger partial charge in [-0.3, -0.25) is 0 Å². The maximum absolute atomic E-state index is 8.59. The maximum Gasteiger partial charge on any atom is 0.181 e. The van der Waals surface area contributed by atoms with Gasteiger partial charge in [0.05, 0.1) is 7.11 Å². The fraction of sp³-hybridized carbons (Fsp3) is 0.300. The molecule has 1 unspecified atom stereocenters. The molecule has 0 fully saturated rings. The Kier molecular flexibility index (Phi) is 3.78. The van der Waals surface area contributed by atoms with Crippen molar-refractivity contribution in [1.82, 2.24) is 0 Å². The van der Waals surface area contributed by atoms with Crippen LogP contribution in [0.25, 0.3) is 0 Å². The largest absolute Gasteiger partial charge is 0.493 e. The molecule has 14 heavy (non-hydrogen) atoms. The Morgan fingerprint density at radius 1 is 1.43 bits per heavy atom. The van der Waals surface area contributed by atoms with E-state index in [1.165, 1.54) is 0 Å². The quantitative estimate of drug-likeness (QED) is 0.834. The number of nitriles is 1. The zero-order valence-corrected chi connectivity index (χ0v) is 9.54. The second kappa shape index (κ2) is 4.87. The van der Waals surface area contributed by atoms with E-state index in [0.29, 0.717) is 11.5 Å². The van der Waals surface area contributed by atoms with E-state index < -0.39 is 6.10 Å². The number of hydrogen-bond donors (Lipinski definition) is 0. The molecule has 0 N–H and O–H groups in total. The minimum atomic E-state index is -0.481. The van der Waals surface area contributed by atoms with Crippen LogP contribution in [0.2, 0.25) is 0 Å². The SMILES string of the molecule is COc1cc(Br)ccc1OC(C)C#N. The predicted molar refractivity (Wildman–Crippen MR) is 56.4 cm³/mol. The molecule has 0 aliphatic heterocycles. The van der Waals surface area contributed by atoms with Crippen LogP contribution in [-0.4, -0.2) is 13.2 Å². The average molecular weight is 256 g/mol. The number of benzene rings is 1. The van der Waals surface area contributed by atoms with Gasteiger partial charge in [0.15, 0.2) is 17.6 Å². The molecule has 0 bridgehead atoms. The van der Waals surface area contributed by atoms with Gasteiger partial charge < -0.3 is 9.47 Å². The summed E-state index contributed by atoms with van der Waals surface area (Å²) in [6.45, 7) is 1.68. The molecule has 0 radical (unpaired) electrons. The van der Waals surface area contributed by atoms with Crippen molar-refractivity contribution in [2.45, 2.75) is 13.0 Å². The number of nitrogens with zero attached hydrogens (tertiary/aromatic N) is 1. The Labute approximate surface area is 91.4 Å². The Bertz CT molecular complexity index is 360. The lowest BCUT2D eigenvalue weighted by atomic mass is 10.3. The van der Waals surface area contributed by atoms with Gasteiger partial charge in [-0.25, -0.2) is 0 Å². The summed E-state index contributed by atoms with van der Waals surface area (Å²) in [5.74, 6) is 1.19. The predicted octanol–water partition coefficient (Wildman–Crippen LogP) is 2.75. The first-order valence-corrected chi connectivity index (χ1v) is 4.86. The van der Waals surface area contributed by atoms with E-state index in [0.717, 1.165) is 4.47 Å². The molecule has 0 aromatic heterocycles. The van der Waals surface area contributed by atoms with Crippen molar-refractivity contribution in [2.24, 2.45) is 0 Å². The van der Waals surface area contributed by atoms with Gasteiger partial charge in [0, 0.05) is 4.47 Å². The summed E-state index contributed by atoms with van der Waals surface area (Å²) < 4.78 is 11.3. The fourth-order valence-corrected chi connectivity index (χ4v) is 1.30.